The van der Waals surface area contributed by atoms with Crippen LogP contribution < -0.4 is 9.62 Å². The van der Waals surface area contributed by atoms with E-state index >= 15 is 0 Å². The molecule has 0 radical (unpaired) electrons. The van der Waals surface area contributed by atoms with E-state index in [0.29, 0.717) is 39.1 Å². The summed E-state index contributed by atoms with van der Waals surface area (Å²) in [6.07, 6.45) is 0.905. The zero-order valence-corrected chi connectivity index (χ0v) is 14.0. The Kier molecular flexibility index (Phi) is 4.25. The highest BCUT2D eigenvalue weighted by molar-refractivity contribution is 7.91. The van der Waals surface area contributed by atoms with Crippen LogP contribution >= 0.6 is 0 Å². The van der Waals surface area contributed by atoms with Crippen molar-refractivity contribution in [2.45, 2.75) is 24.5 Å². The van der Waals surface area contributed by atoms with Gasteiger partial charge < -0.3 is 9.64 Å². The molecule has 1 saturated heterocycles. The number of benzene rings is 1. The third kappa shape index (κ3) is 3.10. The van der Waals surface area contributed by atoms with Gasteiger partial charge in [0.25, 0.3) is 5.91 Å². The van der Waals surface area contributed by atoms with Crippen LogP contribution in [0.4, 0.5) is 14.5 Å². The molecule has 24 heavy (non-hydrogen) atoms. The predicted molar refractivity (Wildman–Crippen MR) is 83.4 cm³/mol. The second-order valence-corrected chi connectivity index (χ2v) is 8.47. The lowest BCUT2D eigenvalue weighted by molar-refractivity contribution is 0.0979. The molecule has 1 aromatic carbocycles. The van der Waals surface area contributed by atoms with Crippen LogP contribution in [0.15, 0.2) is 12.1 Å². The van der Waals surface area contributed by atoms with Gasteiger partial charge in [0, 0.05) is 18.7 Å². The first-order valence-electron chi connectivity index (χ1n) is 7.62. The Labute approximate surface area is 138 Å². The second-order valence-electron chi connectivity index (χ2n) is 6.27. The standard InChI is InChI=1S/C15H18F2N2O4S/c1-15(2-3-15)24(21,22)18-14(20)10-8-11(16)13(12(17)9-10)19-4-6-23-7-5-19/h8-9H,2-7H2,1H3,(H,18,20). The van der Waals surface area contributed by atoms with Crippen LogP contribution in [0.25, 0.3) is 0 Å². The van der Waals surface area contributed by atoms with E-state index in [-0.39, 0.29) is 11.3 Å². The lowest BCUT2D eigenvalue weighted by Gasteiger charge is -2.29. The Morgan fingerprint density at radius 3 is 2.25 bits per heavy atom. The summed E-state index contributed by atoms with van der Waals surface area (Å²) in [5, 5.41) is 0. The molecule has 1 aliphatic heterocycles. The summed E-state index contributed by atoms with van der Waals surface area (Å²) in [5.41, 5.74) is -0.596. The average Bonchev–Trinajstić information content (AvgIpc) is 3.27. The molecule has 1 amide bonds. The number of carbonyl (C=O) groups is 1. The number of nitrogens with zero attached hydrogens (tertiary/aromatic N) is 1. The van der Waals surface area contributed by atoms with Crippen molar-refractivity contribution in [2.75, 3.05) is 31.2 Å². The van der Waals surface area contributed by atoms with E-state index in [0.717, 1.165) is 12.1 Å². The minimum absolute atomic E-state index is 0.230. The third-order valence-electron chi connectivity index (χ3n) is 4.44. The number of morpholine rings is 1. The number of hydrogen-bond donors (Lipinski definition) is 1. The summed E-state index contributed by atoms with van der Waals surface area (Å²) in [5.74, 6) is -2.84. The molecule has 1 aliphatic carbocycles. The number of amides is 1. The van der Waals surface area contributed by atoms with Crippen molar-refractivity contribution in [3.05, 3.63) is 29.3 Å². The molecule has 0 atom stereocenters. The van der Waals surface area contributed by atoms with Crippen LogP contribution in [0, 0.1) is 11.6 Å². The molecule has 2 fully saturated rings. The Balaban J connectivity index is 1.83. The lowest BCUT2D eigenvalue weighted by Crippen LogP contribution is -2.39. The van der Waals surface area contributed by atoms with Crippen molar-refractivity contribution in [1.82, 2.24) is 4.72 Å². The fraction of sp³-hybridized carbons (Fsp3) is 0.533. The summed E-state index contributed by atoms with van der Waals surface area (Å²) >= 11 is 0. The number of rotatable bonds is 4. The number of hydrogen-bond acceptors (Lipinski definition) is 5. The molecule has 1 heterocycles. The molecule has 132 valence electrons. The van der Waals surface area contributed by atoms with Gasteiger partial charge in [0.2, 0.25) is 10.0 Å². The Bertz CT molecular complexity index is 749. The molecule has 0 spiro atoms. The van der Waals surface area contributed by atoms with Crippen LogP contribution in [-0.4, -0.2) is 45.4 Å². The molecule has 1 saturated carbocycles. The third-order valence-corrected chi connectivity index (χ3v) is 6.60. The monoisotopic (exact) mass is 360 g/mol. The van der Waals surface area contributed by atoms with E-state index in [4.69, 9.17) is 4.74 Å². The van der Waals surface area contributed by atoms with Gasteiger partial charge in [-0.05, 0) is 31.9 Å². The van der Waals surface area contributed by atoms with Crippen LogP contribution in [0.1, 0.15) is 30.1 Å². The van der Waals surface area contributed by atoms with Gasteiger partial charge in [-0.1, -0.05) is 0 Å². The highest BCUT2D eigenvalue weighted by atomic mass is 32.2. The molecule has 6 nitrogen and oxygen atoms in total. The first-order chi connectivity index (χ1) is 11.2. The minimum atomic E-state index is -3.86. The zero-order valence-electron chi connectivity index (χ0n) is 13.1. The average molecular weight is 360 g/mol. The molecular formula is C15H18F2N2O4S. The zero-order chi connectivity index (χ0) is 17.5. The topological polar surface area (TPSA) is 75.7 Å². The van der Waals surface area contributed by atoms with Crippen LogP contribution in [0.5, 0.6) is 0 Å². The van der Waals surface area contributed by atoms with Gasteiger partial charge in [0.15, 0.2) is 0 Å². The number of carbonyl (C=O) groups excluding carboxylic acids is 1. The van der Waals surface area contributed by atoms with Crippen molar-refractivity contribution in [3.63, 3.8) is 0 Å². The summed E-state index contributed by atoms with van der Waals surface area (Å²) in [4.78, 5) is 13.6. The van der Waals surface area contributed by atoms with E-state index in [1.165, 1.54) is 11.8 Å². The minimum Gasteiger partial charge on any atom is -0.378 e. The van der Waals surface area contributed by atoms with Crippen molar-refractivity contribution in [1.29, 1.82) is 0 Å². The molecular weight excluding hydrogens is 342 g/mol. The Morgan fingerprint density at radius 2 is 1.75 bits per heavy atom. The van der Waals surface area contributed by atoms with Crippen LogP contribution in [0.2, 0.25) is 0 Å². The summed E-state index contributed by atoms with van der Waals surface area (Å²) < 4.78 is 58.7. The van der Waals surface area contributed by atoms with Crippen molar-refractivity contribution in [3.8, 4) is 0 Å². The van der Waals surface area contributed by atoms with Crippen LogP contribution in [0.3, 0.4) is 0 Å². The molecule has 1 aromatic rings. The highest BCUT2D eigenvalue weighted by Gasteiger charge is 2.50. The van der Waals surface area contributed by atoms with Crippen molar-refractivity contribution < 1.29 is 26.7 Å². The molecule has 3 rings (SSSR count). The van der Waals surface area contributed by atoms with E-state index in [1.807, 2.05) is 4.72 Å². The fourth-order valence-electron chi connectivity index (χ4n) is 2.53. The van der Waals surface area contributed by atoms with E-state index in [9.17, 15) is 22.0 Å². The maximum Gasteiger partial charge on any atom is 0.264 e. The molecule has 0 unspecified atom stereocenters. The van der Waals surface area contributed by atoms with Gasteiger partial charge in [-0.25, -0.2) is 21.9 Å². The van der Waals surface area contributed by atoms with E-state index < -0.39 is 32.3 Å². The number of nitrogens with one attached hydrogen (secondary N) is 1. The van der Waals surface area contributed by atoms with Gasteiger partial charge in [-0.15, -0.1) is 0 Å². The predicted octanol–water partition coefficient (Wildman–Crippen LogP) is 1.41. The van der Waals surface area contributed by atoms with Gasteiger partial charge in [0.05, 0.1) is 18.0 Å². The summed E-state index contributed by atoms with van der Waals surface area (Å²) in [6.45, 7) is 2.92. The number of halogens is 2. The van der Waals surface area contributed by atoms with Gasteiger partial charge in [-0.2, -0.15) is 0 Å². The molecule has 0 bridgehead atoms. The lowest BCUT2D eigenvalue weighted by atomic mass is 10.1. The first kappa shape index (κ1) is 17.1. The molecule has 2 aliphatic rings. The quantitative estimate of drug-likeness (QED) is 0.879. The molecule has 1 N–H and O–H groups in total. The maximum atomic E-state index is 14.3. The Hall–Kier alpha value is -1.74. The SMILES string of the molecule is CC1(S(=O)(=O)NC(=O)c2cc(F)c(N3CCOCC3)c(F)c2)CC1. The number of sulfonamides is 1. The molecule has 0 aromatic heterocycles. The molecule has 9 heteroatoms. The highest BCUT2D eigenvalue weighted by Crippen LogP contribution is 2.42. The van der Waals surface area contributed by atoms with E-state index in [1.54, 1.807) is 0 Å². The number of anilines is 1. The van der Waals surface area contributed by atoms with Crippen LogP contribution in [-0.2, 0) is 14.8 Å². The normalized spacial score (nSPS) is 19.9. The largest absolute Gasteiger partial charge is 0.378 e. The van der Waals surface area contributed by atoms with Crippen molar-refractivity contribution >= 4 is 21.6 Å². The summed E-state index contributed by atoms with van der Waals surface area (Å²) in [7, 11) is -3.86. The number of ether oxygens (including phenoxy) is 1. The maximum absolute atomic E-state index is 14.3. The van der Waals surface area contributed by atoms with Gasteiger partial charge >= 0.3 is 0 Å². The summed E-state index contributed by atoms with van der Waals surface area (Å²) in [6, 6.07) is 1.71. The van der Waals surface area contributed by atoms with Gasteiger partial charge in [0.1, 0.15) is 17.3 Å². The second kappa shape index (κ2) is 5.96. The van der Waals surface area contributed by atoms with Crippen molar-refractivity contribution in [2.24, 2.45) is 0 Å². The smallest absolute Gasteiger partial charge is 0.264 e. The van der Waals surface area contributed by atoms with E-state index in [2.05, 4.69) is 0 Å². The van der Waals surface area contributed by atoms with Gasteiger partial charge in [-0.3, -0.25) is 4.79 Å². The first-order valence-corrected chi connectivity index (χ1v) is 9.10. The fourth-order valence-corrected chi connectivity index (χ4v) is 3.78. The Morgan fingerprint density at radius 1 is 1.21 bits per heavy atom.